The van der Waals surface area contributed by atoms with E-state index < -0.39 is 0 Å². The lowest BCUT2D eigenvalue weighted by atomic mass is 10.0. The largest absolute Gasteiger partial charge is 0.496 e. The number of methoxy groups -OCH3 is 3. The van der Waals surface area contributed by atoms with Gasteiger partial charge in [-0.15, -0.1) is 0 Å². The summed E-state index contributed by atoms with van der Waals surface area (Å²) >= 11 is 0. The summed E-state index contributed by atoms with van der Waals surface area (Å²) in [7, 11) is 4.80. The molecular formula is C21H25NO4. The molecular weight excluding hydrogens is 330 g/mol. The van der Waals surface area contributed by atoms with Gasteiger partial charge in [0, 0.05) is 11.6 Å². The molecule has 138 valence electrons. The molecule has 0 unspecified atom stereocenters. The molecule has 0 saturated carbocycles. The van der Waals surface area contributed by atoms with Crippen molar-refractivity contribution in [2.45, 2.75) is 19.4 Å². The molecule has 0 aliphatic carbocycles. The lowest BCUT2D eigenvalue weighted by molar-refractivity contribution is -0.117. The Kier molecular flexibility index (Phi) is 7.09. The molecule has 1 N–H and O–H groups in total. The predicted octanol–water partition coefficient (Wildman–Crippen LogP) is 3.99. The Morgan fingerprint density at radius 3 is 2.35 bits per heavy atom. The van der Waals surface area contributed by atoms with E-state index in [1.54, 1.807) is 27.4 Å². The van der Waals surface area contributed by atoms with Crippen LogP contribution in [0.1, 0.15) is 30.5 Å². The average molecular weight is 355 g/mol. The maximum Gasteiger partial charge on any atom is 0.244 e. The van der Waals surface area contributed by atoms with E-state index in [0.29, 0.717) is 11.5 Å². The molecule has 26 heavy (non-hydrogen) atoms. The standard InChI is InChI=1S/C21H25NO4/c1-5-17(16-10-12-19(25-3)20(14-16)26-4)22-21(23)13-11-15-8-6-7-9-18(15)24-2/h6-14,17H,5H2,1-4H3,(H,22,23)/b13-11+/t17-/m0/s1. The number of nitrogens with one attached hydrogen (secondary N) is 1. The highest BCUT2D eigenvalue weighted by Crippen LogP contribution is 2.30. The second-order valence-corrected chi connectivity index (χ2v) is 5.66. The first kappa shape index (κ1) is 19.4. The SMILES string of the molecule is CC[C@H](NC(=O)/C=C/c1ccccc1OC)c1ccc(OC)c(OC)c1. The Hall–Kier alpha value is -2.95. The lowest BCUT2D eigenvalue weighted by Gasteiger charge is -2.18. The maximum atomic E-state index is 12.3. The molecule has 0 aliphatic heterocycles. The summed E-state index contributed by atoms with van der Waals surface area (Å²) in [6.07, 6.45) is 4.01. The van der Waals surface area contributed by atoms with Gasteiger partial charge in [0.1, 0.15) is 5.75 Å². The normalized spacial score (nSPS) is 11.8. The molecule has 5 nitrogen and oxygen atoms in total. The van der Waals surface area contributed by atoms with Crippen molar-refractivity contribution >= 4 is 12.0 Å². The van der Waals surface area contributed by atoms with Crippen LogP contribution >= 0.6 is 0 Å². The average Bonchev–Trinajstić information content (AvgIpc) is 2.70. The summed E-state index contributed by atoms with van der Waals surface area (Å²) in [4.78, 5) is 12.3. The van der Waals surface area contributed by atoms with Gasteiger partial charge in [-0.2, -0.15) is 0 Å². The van der Waals surface area contributed by atoms with E-state index in [2.05, 4.69) is 5.32 Å². The second-order valence-electron chi connectivity index (χ2n) is 5.66. The summed E-state index contributed by atoms with van der Waals surface area (Å²) in [6, 6.07) is 13.1. The van der Waals surface area contributed by atoms with Crippen LogP contribution in [0.5, 0.6) is 17.2 Å². The molecule has 1 amide bonds. The Morgan fingerprint density at radius 1 is 1.00 bits per heavy atom. The van der Waals surface area contributed by atoms with E-state index in [0.717, 1.165) is 23.3 Å². The molecule has 5 heteroatoms. The zero-order valence-corrected chi connectivity index (χ0v) is 15.6. The lowest BCUT2D eigenvalue weighted by Crippen LogP contribution is -2.26. The van der Waals surface area contributed by atoms with Crippen molar-refractivity contribution in [3.05, 3.63) is 59.7 Å². The van der Waals surface area contributed by atoms with Gasteiger partial charge in [-0.25, -0.2) is 0 Å². The van der Waals surface area contributed by atoms with E-state index >= 15 is 0 Å². The maximum absolute atomic E-state index is 12.3. The van der Waals surface area contributed by atoms with E-state index in [-0.39, 0.29) is 11.9 Å². The summed E-state index contributed by atoms with van der Waals surface area (Å²) in [5.41, 5.74) is 1.81. The van der Waals surface area contributed by atoms with Gasteiger partial charge < -0.3 is 19.5 Å². The van der Waals surface area contributed by atoms with E-state index in [1.165, 1.54) is 6.08 Å². The number of rotatable bonds is 8. The number of carbonyl (C=O) groups excluding carboxylic acids is 1. The van der Waals surface area contributed by atoms with E-state index in [4.69, 9.17) is 14.2 Å². The highest BCUT2D eigenvalue weighted by Gasteiger charge is 2.14. The molecule has 0 bridgehead atoms. The Balaban J connectivity index is 2.12. The fraction of sp³-hybridized carbons (Fsp3) is 0.286. The number of hydrogen-bond acceptors (Lipinski definition) is 4. The van der Waals surface area contributed by atoms with E-state index in [9.17, 15) is 4.79 Å². The van der Waals surface area contributed by atoms with Crippen molar-refractivity contribution < 1.29 is 19.0 Å². The Morgan fingerprint density at radius 2 is 1.69 bits per heavy atom. The van der Waals surface area contributed by atoms with Crippen molar-refractivity contribution in [3.8, 4) is 17.2 Å². The smallest absolute Gasteiger partial charge is 0.244 e. The second kappa shape index (κ2) is 9.51. The van der Waals surface area contributed by atoms with Crippen molar-refractivity contribution in [2.75, 3.05) is 21.3 Å². The topological polar surface area (TPSA) is 56.8 Å². The minimum absolute atomic E-state index is 0.121. The summed E-state index contributed by atoms with van der Waals surface area (Å²) < 4.78 is 15.9. The first-order valence-electron chi connectivity index (χ1n) is 8.46. The van der Waals surface area contributed by atoms with Crippen molar-refractivity contribution in [1.29, 1.82) is 0 Å². The molecule has 0 heterocycles. The molecule has 2 rings (SSSR count). The number of benzene rings is 2. The number of para-hydroxylation sites is 1. The molecule has 2 aromatic rings. The van der Waals surface area contributed by atoms with Gasteiger partial charge >= 0.3 is 0 Å². The Labute approximate surface area is 154 Å². The highest BCUT2D eigenvalue weighted by atomic mass is 16.5. The Bertz CT molecular complexity index is 770. The van der Waals surface area contributed by atoms with Crippen LogP contribution in [0, 0.1) is 0 Å². The van der Waals surface area contributed by atoms with Gasteiger partial charge in [0.2, 0.25) is 5.91 Å². The van der Waals surface area contributed by atoms with Crippen LogP contribution in [-0.2, 0) is 4.79 Å². The van der Waals surface area contributed by atoms with Gasteiger partial charge in [-0.05, 0) is 36.3 Å². The van der Waals surface area contributed by atoms with Crippen LogP contribution in [0.3, 0.4) is 0 Å². The highest BCUT2D eigenvalue weighted by molar-refractivity contribution is 5.92. The molecule has 0 aromatic heterocycles. The third kappa shape index (κ3) is 4.79. The fourth-order valence-corrected chi connectivity index (χ4v) is 2.68. The molecule has 0 fully saturated rings. The molecule has 0 aliphatic rings. The number of carbonyl (C=O) groups is 1. The van der Waals surface area contributed by atoms with Gasteiger partial charge in [0.25, 0.3) is 0 Å². The number of hydrogen-bond donors (Lipinski definition) is 1. The van der Waals surface area contributed by atoms with Crippen molar-refractivity contribution in [3.63, 3.8) is 0 Å². The zero-order valence-electron chi connectivity index (χ0n) is 15.6. The molecule has 0 saturated heterocycles. The predicted molar refractivity (Wildman–Crippen MR) is 103 cm³/mol. The first-order valence-corrected chi connectivity index (χ1v) is 8.46. The van der Waals surface area contributed by atoms with Gasteiger partial charge in [-0.1, -0.05) is 31.2 Å². The monoisotopic (exact) mass is 355 g/mol. The fourth-order valence-electron chi connectivity index (χ4n) is 2.68. The van der Waals surface area contributed by atoms with Crippen LogP contribution in [0.25, 0.3) is 6.08 Å². The number of amides is 1. The molecule has 0 spiro atoms. The minimum Gasteiger partial charge on any atom is -0.496 e. The third-order valence-electron chi connectivity index (χ3n) is 4.09. The molecule has 0 radical (unpaired) electrons. The van der Waals surface area contributed by atoms with Crippen molar-refractivity contribution in [1.82, 2.24) is 5.32 Å². The van der Waals surface area contributed by atoms with Gasteiger partial charge in [0.05, 0.1) is 27.4 Å². The quantitative estimate of drug-likeness (QED) is 0.728. The number of ether oxygens (including phenoxy) is 3. The van der Waals surface area contributed by atoms with Gasteiger partial charge in [0.15, 0.2) is 11.5 Å². The van der Waals surface area contributed by atoms with Crippen LogP contribution < -0.4 is 19.5 Å². The van der Waals surface area contributed by atoms with Gasteiger partial charge in [-0.3, -0.25) is 4.79 Å². The van der Waals surface area contributed by atoms with Crippen LogP contribution in [0.2, 0.25) is 0 Å². The van der Waals surface area contributed by atoms with Crippen molar-refractivity contribution in [2.24, 2.45) is 0 Å². The van der Waals surface area contributed by atoms with Crippen LogP contribution in [0.4, 0.5) is 0 Å². The summed E-state index contributed by atoms with van der Waals surface area (Å²) in [5, 5.41) is 3.02. The van der Waals surface area contributed by atoms with E-state index in [1.807, 2.05) is 49.4 Å². The molecule has 1 atom stereocenters. The summed E-state index contributed by atoms with van der Waals surface area (Å²) in [5.74, 6) is 1.86. The third-order valence-corrected chi connectivity index (χ3v) is 4.09. The zero-order chi connectivity index (χ0) is 18.9. The first-order chi connectivity index (χ1) is 12.6. The minimum atomic E-state index is -0.169. The molecule has 2 aromatic carbocycles. The summed E-state index contributed by atoms with van der Waals surface area (Å²) in [6.45, 7) is 2.02. The van der Waals surface area contributed by atoms with Crippen LogP contribution in [-0.4, -0.2) is 27.2 Å². The van der Waals surface area contributed by atoms with Crippen LogP contribution in [0.15, 0.2) is 48.5 Å².